The Kier molecular flexibility index (Phi) is 7.91. The molecule has 0 spiro atoms. The lowest BCUT2D eigenvalue weighted by molar-refractivity contribution is -0.120. The molecule has 0 bridgehead atoms. The van der Waals surface area contributed by atoms with Crippen molar-refractivity contribution >= 4 is 23.4 Å². The molecule has 0 atom stereocenters. The number of benzene rings is 2. The molecule has 2 aromatic carbocycles. The molecule has 0 radical (unpaired) electrons. The first-order valence-corrected chi connectivity index (χ1v) is 9.39. The topological polar surface area (TPSA) is 90.5 Å². The van der Waals surface area contributed by atoms with Gasteiger partial charge < -0.3 is 20.9 Å². The maximum absolute atomic E-state index is 12.2. The summed E-state index contributed by atoms with van der Waals surface area (Å²) in [5.74, 6) is -0.674. The summed E-state index contributed by atoms with van der Waals surface area (Å²) in [4.78, 5) is 37.9. The quantitative estimate of drug-likeness (QED) is 0.635. The second-order valence-corrected chi connectivity index (χ2v) is 7.32. The maximum Gasteiger partial charge on any atom is 0.251 e. The van der Waals surface area contributed by atoms with Gasteiger partial charge >= 0.3 is 0 Å². The average molecular weight is 396 g/mol. The van der Waals surface area contributed by atoms with Crippen LogP contribution in [0.3, 0.4) is 0 Å². The zero-order valence-corrected chi connectivity index (χ0v) is 17.3. The molecule has 0 fully saturated rings. The summed E-state index contributed by atoms with van der Waals surface area (Å²) in [6, 6.07) is 12.8. The normalized spacial score (nSPS) is 10.5. The highest BCUT2D eigenvalue weighted by Gasteiger charge is 2.09. The van der Waals surface area contributed by atoms with Gasteiger partial charge in [-0.15, -0.1) is 0 Å². The Bertz CT molecular complexity index is 873. The third-order valence-corrected chi connectivity index (χ3v) is 4.05. The lowest BCUT2D eigenvalue weighted by Crippen LogP contribution is -2.36. The van der Waals surface area contributed by atoms with Crippen molar-refractivity contribution in [2.45, 2.75) is 20.4 Å². The van der Waals surface area contributed by atoms with Gasteiger partial charge in [0.2, 0.25) is 11.8 Å². The van der Waals surface area contributed by atoms with Crippen molar-refractivity contribution in [1.82, 2.24) is 15.5 Å². The highest BCUT2D eigenvalue weighted by atomic mass is 16.2. The second-order valence-electron chi connectivity index (χ2n) is 7.32. The third-order valence-electron chi connectivity index (χ3n) is 4.05. The zero-order valence-electron chi connectivity index (χ0n) is 17.3. The van der Waals surface area contributed by atoms with Gasteiger partial charge in [0.25, 0.3) is 5.91 Å². The Balaban J connectivity index is 1.82. The van der Waals surface area contributed by atoms with Crippen LogP contribution in [-0.2, 0) is 16.1 Å². The van der Waals surface area contributed by atoms with Crippen LogP contribution in [0.1, 0.15) is 27.0 Å². The molecule has 7 nitrogen and oxygen atoms in total. The van der Waals surface area contributed by atoms with Crippen LogP contribution in [-0.4, -0.2) is 49.8 Å². The van der Waals surface area contributed by atoms with Crippen LogP contribution in [0, 0.1) is 13.8 Å². The molecule has 0 aliphatic heterocycles. The Morgan fingerprint density at radius 3 is 2.24 bits per heavy atom. The summed E-state index contributed by atoms with van der Waals surface area (Å²) in [6.45, 7) is 4.34. The van der Waals surface area contributed by atoms with Gasteiger partial charge in [-0.3, -0.25) is 14.4 Å². The second kappa shape index (κ2) is 10.4. The molecule has 0 saturated carbocycles. The van der Waals surface area contributed by atoms with Crippen molar-refractivity contribution in [3.8, 4) is 0 Å². The summed E-state index contributed by atoms with van der Waals surface area (Å²) in [6.07, 6.45) is 0. The maximum atomic E-state index is 12.2. The van der Waals surface area contributed by atoms with Gasteiger partial charge in [-0.25, -0.2) is 0 Å². The molecular formula is C22H28N4O3. The van der Waals surface area contributed by atoms with Crippen LogP contribution in [0.25, 0.3) is 0 Å². The summed E-state index contributed by atoms with van der Waals surface area (Å²) < 4.78 is 0. The summed E-state index contributed by atoms with van der Waals surface area (Å²) in [5, 5.41) is 8.22. The van der Waals surface area contributed by atoms with Crippen molar-refractivity contribution in [2.75, 3.05) is 32.5 Å². The molecule has 0 aliphatic carbocycles. The predicted molar refractivity (Wildman–Crippen MR) is 114 cm³/mol. The molecule has 29 heavy (non-hydrogen) atoms. The van der Waals surface area contributed by atoms with Gasteiger partial charge in [-0.2, -0.15) is 0 Å². The van der Waals surface area contributed by atoms with E-state index in [-0.39, 0.29) is 24.3 Å². The first kappa shape index (κ1) is 22.1. The molecule has 0 aliphatic rings. The predicted octanol–water partition coefficient (Wildman–Crippen LogP) is 1.85. The Morgan fingerprint density at radius 1 is 0.897 bits per heavy atom. The molecule has 7 heteroatoms. The van der Waals surface area contributed by atoms with Gasteiger partial charge in [0.1, 0.15) is 0 Å². The third kappa shape index (κ3) is 7.75. The zero-order chi connectivity index (χ0) is 21.4. The summed E-state index contributed by atoms with van der Waals surface area (Å²) >= 11 is 0. The van der Waals surface area contributed by atoms with Crippen LogP contribution in [0.15, 0.2) is 42.5 Å². The van der Waals surface area contributed by atoms with Crippen LogP contribution in [0.2, 0.25) is 0 Å². The molecule has 3 N–H and O–H groups in total. The number of carbonyl (C=O) groups excluding carboxylic acids is 3. The number of rotatable bonds is 8. The smallest absolute Gasteiger partial charge is 0.251 e. The molecule has 3 amide bonds. The number of likely N-dealkylation sites (N-methyl/N-ethyl adjacent to an activating group) is 1. The Morgan fingerprint density at radius 2 is 1.59 bits per heavy atom. The number of hydrogen-bond acceptors (Lipinski definition) is 4. The monoisotopic (exact) mass is 396 g/mol. The molecule has 2 rings (SSSR count). The first-order valence-electron chi connectivity index (χ1n) is 9.39. The number of hydrogen-bond donors (Lipinski definition) is 3. The van der Waals surface area contributed by atoms with Crippen molar-refractivity contribution in [3.05, 3.63) is 64.7 Å². The van der Waals surface area contributed by atoms with Gasteiger partial charge in [0.05, 0.1) is 13.1 Å². The number of amides is 3. The van der Waals surface area contributed by atoms with Crippen LogP contribution in [0.5, 0.6) is 0 Å². The van der Waals surface area contributed by atoms with Crippen LogP contribution in [0.4, 0.5) is 5.69 Å². The van der Waals surface area contributed by atoms with Gasteiger partial charge in [-0.1, -0.05) is 29.3 Å². The van der Waals surface area contributed by atoms with E-state index in [1.54, 1.807) is 23.1 Å². The number of nitrogens with one attached hydrogen (secondary N) is 3. The highest BCUT2D eigenvalue weighted by Crippen LogP contribution is 2.11. The molecule has 0 unspecified atom stereocenters. The lowest BCUT2D eigenvalue weighted by atomic mass is 10.1. The van der Waals surface area contributed by atoms with E-state index in [9.17, 15) is 14.4 Å². The van der Waals surface area contributed by atoms with Gasteiger partial charge in [-0.05, 0) is 57.8 Å². The van der Waals surface area contributed by atoms with Crippen molar-refractivity contribution in [3.63, 3.8) is 0 Å². The molecule has 2 aromatic rings. The molecule has 0 heterocycles. The molecular weight excluding hydrogens is 368 g/mol. The molecule has 0 aromatic heterocycles. The molecule has 154 valence electrons. The standard InChI is InChI=1S/C22H28N4O3/c1-15-8-16(2)10-18(9-15)22(29)24-13-20(27)23-12-17-6-5-7-19(11-17)25-21(28)14-26(3)4/h5-11H,12-14H2,1-4H3,(H,23,27)(H,24,29)(H,25,28). The van der Waals surface area contributed by atoms with Gasteiger partial charge in [0, 0.05) is 17.8 Å². The van der Waals surface area contributed by atoms with E-state index in [1.165, 1.54) is 0 Å². The fourth-order valence-electron chi connectivity index (χ4n) is 2.88. The Labute approximate surface area is 171 Å². The number of anilines is 1. The highest BCUT2D eigenvalue weighted by molar-refractivity contribution is 5.96. The van der Waals surface area contributed by atoms with Crippen LogP contribution < -0.4 is 16.0 Å². The van der Waals surface area contributed by atoms with E-state index in [0.29, 0.717) is 24.3 Å². The first-order chi connectivity index (χ1) is 13.7. The van der Waals surface area contributed by atoms with E-state index in [0.717, 1.165) is 16.7 Å². The van der Waals surface area contributed by atoms with E-state index < -0.39 is 0 Å². The lowest BCUT2D eigenvalue weighted by Gasteiger charge is -2.11. The number of nitrogens with zero attached hydrogens (tertiary/aromatic N) is 1. The number of carbonyl (C=O) groups is 3. The van der Waals surface area contributed by atoms with E-state index in [2.05, 4.69) is 16.0 Å². The van der Waals surface area contributed by atoms with Crippen molar-refractivity contribution in [1.29, 1.82) is 0 Å². The largest absolute Gasteiger partial charge is 0.350 e. The minimum absolute atomic E-state index is 0.106. The van der Waals surface area contributed by atoms with E-state index in [4.69, 9.17) is 0 Å². The van der Waals surface area contributed by atoms with Crippen LogP contribution >= 0.6 is 0 Å². The Hall–Kier alpha value is -3.19. The minimum atomic E-state index is -0.287. The molecule has 0 saturated heterocycles. The fraction of sp³-hybridized carbons (Fsp3) is 0.318. The van der Waals surface area contributed by atoms with Crippen molar-refractivity contribution < 1.29 is 14.4 Å². The van der Waals surface area contributed by atoms with E-state index in [1.807, 2.05) is 52.2 Å². The summed E-state index contributed by atoms with van der Waals surface area (Å²) in [5.41, 5.74) is 4.05. The summed E-state index contributed by atoms with van der Waals surface area (Å²) in [7, 11) is 3.65. The fourth-order valence-corrected chi connectivity index (χ4v) is 2.88. The average Bonchev–Trinajstić information content (AvgIpc) is 2.63. The number of aryl methyl sites for hydroxylation is 2. The van der Waals surface area contributed by atoms with Crippen molar-refractivity contribution in [2.24, 2.45) is 0 Å². The van der Waals surface area contributed by atoms with Gasteiger partial charge in [0.15, 0.2) is 0 Å². The van der Waals surface area contributed by atoms with E-state index >= 15 is 0 Å². The minimum Gasteiger partial charge on any atom is -0.350 e. The SMILES string of the molecule is Cc1cc(C)cc(C(=O)NCC(=O)NCc2cccc(NC(=O)CN(C)C)c2)c1.